The van der Waals surface area contributed by atoms with Gasteiger partial charge in [0.2, 0.25) is 0 Å². The molecular formula is C37H27O2P. The summed E-state index contributed by atoms with van der Waals surface area (Å²) in [4.78, 5) is 0. The zero-order valence-electron chi connectivity index (χ0n) is 21.9. The largest absolute Gasteiger partial charge is 0.456 e. The maximum Gasteiger partial charge on any atom is 0.153 e. The molecule has 192 valence electrons. The molecule has 3 heteroatoms. The fourth-order valence-corrected chi connectivity index (χ4v) is 10.3. The Morgan fingerprint density at radius 1 is 0.625 bits per heavy atom. The van der Waals surface area contributed by atoms with E-state index in [2.05, 4.69) is 91.0 Å². The molecule has 0 saturated heterocycles. The highest BCUT2D eigenvalue weighted by Crippen LogP contribution is 2.64. The van der Waals surface area contributed by atoms with Gasteiger partial charge in [0.05, 0.1) is 10.7 Å². The number of allylic oxidation sites excluding steroid dienone is 4. The van der Waals surface area contributed by atoms with E-state index in [-0.39, 0.29) is 5.66 Å². The summed E-state index contributed by atoms with van der Waals surface area (Å²) in [5.74, 6) is 1.54. The number of para-hydroxylation sites is 2. The lowest BCUT2D eigenvalue weighted by Crippen LogP contribution is -2.35. The van der Waals surface area contributed by atoms with Crippen molar-refractivity contribution in [2.24, 2.45) is 0 Å². The SMILES string of the molecule is O=P(c1ccccc1)(c1cccc2c1Oc1ccccc1C21c2ccccc2-c2ccccc21)C1C=CC=CC1. The fourth-order valence-electron chi connectivity index (χ4n) is 7.12. The number of hydrogen-bond donors (Lipinski definition) is 0. The van der Waals surface area contributed by atoms with Crippen LogP contribution < -0.4 is 15.3 Å². The highest BCUT2D eigenvalue weighted by atomic mass is 31.2. The van der Waals surface area contributed by atoms with E-state index in [1.165, 1.54) is 22.3 Å². The average Bonchev–Trinajstić information content (AvgIpc) is 3.32. The second kappa shape index (κ2) is 8.81. The van der Waals surface area contributed by atoms with Gasteiger partial charge in [-0.1, -0.05) is 133 Å². The Hall–Kier alpha value is -4.39. The zero-order valence-corrected chi connectivity index (χ0v) is 22.8. The van der Waals surface area contributed by atoms with Crippen LogP contribution in [-0.2, 0) is 9.98 Å². The van der Waals surface area contributed by atoms with Crippen LogP contribution in [0.2, 0.25) is 0 Å². The van der Waals surface area contributed by atoms with E-state index < -0.39 is 12.6 Å². The van der Waals surface area contributed by atoms with Gasteiger partial charge in [-0.25, -0.2) is 0 Å². The summed E-state index contributed by atoms with van der Waals surface area (Å²) in [7, 11) is -3.16. The van der Waals surface area contributed by atoms with Gasteiger partial charge in [0, 0.05) is 22.1 Å². The van der Waals surface area contributed by atoms with Crippen LogP contribution in [-0.4, -0.2) is 5.66 Å². The first-order chi connectivity index (χ1) is 19.7. The van der Waals surface area contributed by atoms with Gasteiger partial charge in [-0.2, -0.15) is 0 Å². The molecule has 0 saturated carbocycles. The molecule has 3 aliphatic rings. The Bertz CT molecular complexity index is 1850. The summed E-state index contributed by atoms with van der Waals surface area (Å²) >= 11 is 0. The predicted molar refractivity (Wildman–Crippen MR) is 164 cm³/mol. The van der Waals surface area contributed by atoms with Crippen molar-refractivity contribution in [1.29, 1.82) is 0 Å². The average molecular weight is 535 g/mol. The number of benzene rings is 5. The van der Waals surface area contributed by atoms with E-state index in [1.54, 1.807) is 0 Å². The van der Waals surface area contributed by atoms with Crippen molar-refractivity contribution in [3.8, 4) is 22.6 Å². The zero-order chi connectivity index (χ0) is 26.7. The quantitative estimate of drug-likeness (QED) is 0.213. The van der Waals surface area contributed by atoms with Crippen LogP contribution in [0.15, 0.2) is 146 Å². The molecular weight excluding hydrogens is 507 g/mol. The maximum atomic E-state index is 15.7. The fraction of sp³-hybridized carbons (Fsp3) is 0.0811. The lowest BCUT2D eigenvalue weighted by molar-refractivity contribution is 0.439. The van der Waals surface area contributed by atoms with Gasteiger partial charge in [-0.15, -0.1) is 0 Å². The van der Waals surface area contributed by atoms with Crippen molar-refractivity contribution in [2.75, 3.05) is 0 Å². The van der Waals surface area contributed by atoms with E-state index in [9.17, 15) is 0 Å². The third kappa shape index (κ3) is 3.03. The minimum Gasteiger partial charge on any atom is -0.456 e. The van der Waals surface area contributed by atoms with Crippen LogP contribution in [0.1, 0.15) is 28.7 Å². The van der Waals surface area contributed by atoms with E-state index in [0.717, 1.165) is 39.7 Å². The molecule has 2 aliphatic carbocycles. The Kier molecular flexibility index (Phi) is 5.18. The smallest absolute Gasteiger partial charge is 0.153 e. The van der Waals surface area contributed by atoms with Gasteiger partial charge in [0.15, 0.2) is 7.14 Å². The molecule has 0 aromatic heterocycles. The lowest BCUT2D eigenvalue weighted by atomic mass is 9.66. The summed E-state index contributed by atoms with van der Waals surface area (Å²) in [6, 6.07) is 42.1. The van der Waals surface area contributed by atoms with Crippen LogP contribution in [0, 0.1) is 0 Å². The third-order valence-corrected chi connectivity index (χ3v) is 12.2. The molecule has 0 fully saturated rings. The van der Waals surface area contributed by atoms with Gasteiger partial charge in [-0.3, -0.25) is 0 Å². The molecule has 1 heterocycles. The van der Waals surface area contributed by atoms with Crippen molar-refractivity contribution in [3.05, 3.63) is 168 Å². The van der Waals surface area contributed by atoms with E-state index in [4.69, 9.17) is 4.74 Å². The van der Waals surface area contributed by atoms with Crippen LogP contribution in [0.5, 0.6) is 11.5 Å². The molecule has 0 radical (unpaired) electrons. The summed E-state index contributed by atoms with van der Waals surface area (Å²) < 4.78 is 22.6. The van der Waals surface area contributed by atoms with Crippen LogP contribution in [0.4, 0.5) is 0 Å². The second-order valence-electron chi connectivity index (χ2n) is 10.7. The summed E-state index contributed by atoms with van der Waals surface area (Å²) in [6.45, 7) is 0. The Labute approximate surface area is 234 Å². The topological polar surface area (TPSA) is 26.3 Å². The second-order valence-corrected chi connectivity index (χ2v) is 13.7. The minimum absolute atomic E-state index is 0.147. The normalized spacial score (nSPS) is 18.6. The molecule has 2 nitrogen and oxygen atoms in total. The van der Waals surface area contributed by atoms with Gasteiger partial charge in [0.25, 0.3) is 0 Å². The Morgan fingerprint density at radius 3 is 1.95 bits per heavy atom. The van der Waals surface area contributed by atoms with Crippen LogP contribution in [0.25, 0.3) is 11.1 Å². The molecule has 5 aromatic carbocycles. The van der Waals surface area contributed by atoms with Gasteiger partial charge < -0.3 is 9.30 Å². The van der Waals surface area contributed by atoms with Crippen molar-refractivity contribution in [1.82, 2.24) is 0 Å². The van der Waals surface area contributed by atoms with Crippen LogP contribution >= 0.6 is 7.14 Å². The number of hydrogen-bond acceptors (Lipinski definition) is 2. The summed E-state index contributed by atoms with van der Waals surface area (Å²) in [6.07, 6.45) is 9.02. The standard InChI is InChI=1S/C37H27O2P/c38-40(26-14-3-1-4-15-26,27-16-5-2-6-17-27)35-25-13-23-33-36(35)39-34-24-12-11-22-32(34)37(33)30-20-9-7-18-28(30)29-19-8-10-21-31(29)37/h1-16,18-25,27H,17H2. The first-order valence-electron chi connectivity index (χ1n) is 13.8. The number of rotatable bonds is 3. The van der Waals surface area contributed by atoms with Crippen molar-refractivity contribution >= 4 is 17.8 Å². The summed E-state index contributed by atoms with van der Waals surface area (Å²) in [5, 5.41) is 1.65. The van der Waals surface area contributed by atoms with E-state index in [1.807, 2.05) is 54.6 Å². The molecule has 0 amide bonds. The molecule has 5 aromatic rings. The number of fused-ring (bicyclic) bond motifs is 9. The molecule has 2 unspecified atom stereocenters. The summed E-state index contributed by atoms with van der Waals surface area (Å²) in [5.41, 5.74) is 6.39. The van der Waals surface area contributed by atoms with Crippen molar-refractivity contribution in [2.45, 2.75) is 17.5 Å². The van der Waals surface area contributed by atoms with Crippen molar-refractivity contribution in [3.63, 3.8) is 0 Å². The Balaban J connectivity index is 1.49. The molecule has 0 bridgehead atoms. The van der Waals surface area contributed by atoms with Crippen molar-refractivity contribution < 1.29 is 9.30 Å². The monoisotopic (exact) mass is 534 g/mol. The van der Waals surface area contributed by atoms with E-state index in [0.29, 0.717) is 0 Å². The molecule has 0 N–H and O–H groups in total. The van der Waals surface area contributed by atoms with Gasteiger partial charge >= 0.3 is 0 Å². The third-order valence-electron chi connectivity index (χ3n) is 8.78. The van der Waals surface area contributed by atoms with Gasteiger partial charge in [0.1, 0.15) is 11.5 Å². The molecule has 1 spiro atoms. The molecule has 8 rings (SSSR count). The first kappa shape index (κ1) is 23.5. The molecule has 40 heavy (non-hydrogen) atoms. The highest BCUT2D eigenvalue weighted by Gasteiger charge is 2.52. The maximum absolute atomic E-state index is 15.7. The number of ether oxygens (including phenoxy) is 1. The predicted octanol–water partition coefficient (Wildman–Crippen LogP) is 8.35. The lowest BCUT2D eigenvalue weighted by Gasteiger charge is -2.41. The van der Waals surface area contributed by atoms with Gasteiger partial charge in [-0.05, 0) is 40.8 Å². The van der Waals surface area contributed by atoms with Crippen LogP contribution in [0.3, 0.4) is 0 Å². The molecule has 1 aliphatic heterocycles. The highest BCUT2D eigenvalue weighted by molar-refractivity contribution is 7.79. The first-order valence-corrected chi connectivity index (χ1v) is 15.6. The Morgan fingerprint density at radius 2 is 1.25 bits per heavy atom. The minimum atomic E-state index is -3.16. The van der Waals surface area contributed by atoms with E-state index >= 15 is 4.57 Å². The molecule has 2 atom stereocenters.